The van der Waals surface area contributed by atoms with Gasteiger partial charge in [-0.3, -0.25) is 4.79 Å². The number of methoxy groups -OCH3 is 1. The highest BCUT2D eigenvalue weighted by Crippen LogP contribution is 2.32. The smallest absolute Gasteiger partial charge is 0.410 e. The summed E-state index contributed by atoms with van der Waals surface area (Å²) in [6.07, 6.45) is 3.77. The molecule has 2 heterocycles. The molecule has 2 bridgehead atoms. The number of hydrogen-bond donors (Lipinski definition) is 0. The zero-order valence-electron chi connectivity index (χ0n) is 8.36. The van der Waals surface area contributed by atoms with Crippen LogP contribution in [0, 0.1) is 0 Å². The van der Waals surface area contributed by atoms with E-state index < -0.39 is 0 Å². The lowest BCUT2D eigenvalue weighted by molar-refractivity contribution is -0.125. The molecule has 2 fully saturated rings. The highest BCUT2D eigenvalue weighted by Gasteiger charge is 2.40. The van der Waals surface area contributed by atoms with Crippen molar-refractivity contribution in [1.29, 1.82) is 0 Å². The number of amides is 1. The summed E-state index contributed by atoms with van der Waals surface area (Å²) in [5, 5.41) is 0. The zero-order chi connectivity index (χ0) is 10.1. The fourth-order valence-corrected chi connectivity index (χ4v) is 2.58. The average molecular weight is 197 g/mol. The van der Waals surface area contributed by atoms with Gasteiger partial charge >= 0.3 is 6.09 Å². The standard InChI is InChI=1S/C10H15NO3/c1-14-10(13)11-7-3-2-4-8(11)6-9(12)5-7/h7-8H,2-6H2,1H3/t7-,8+. The summed E-state index contributed by atoms with van der Waals surface area (Å²) in [6.45, 7) is 0. The first-order valence-corrected chi connectivity index (χ1v) is 5.10. The molecule has 0 N–H and O–H groups in total. The molecule has 4 nitrogen and oxygen atoms in total. The van der Waals surface area contributed by atoms with Crippen molar-refractivity contribution in [2.24, 2.45) is 0 Å². The van der Waals surface area contributed by atoms with E-state index in [9.17, 15) is 9.59 Å². The molecule has 0 aromatic rings. The van der Waals surface area contributed by atoms with Crippen molar-refractivity contribution in [2.75, 3.05) is 7.11 Å². The fraction of sp³-hybridized carbons (Fsp3) is 0.800. The quantitative estimate of drug-likeness (QED) is 0.588. The minimum atomic E-state index is -0.271. The Hall–Kier alpha value is -1.06. The number of rotatable bonds is 0. The number of carbonyl (C=O) groups excluding carboxylic acids is 2. The number of Topliss-reactive ketones (excluding diaryl/α,β-unsaturated/α-hetero) is 1. The molecule has 4 heteroatoms. The molecule has 0 spiro atoms. The van der Waals surface area contributed by atoms with Crippen molar-refractivity contribution in [3.63, 3.8) is 0 Å². The number of hydrogen-bond acceptors (Lipinski definition) is 3. The number of piperidine rings is 2. The van der Waals surface area contributed by atoms with Crippen molar-refractivity contribution in [2.45, 2.75) is 44.2 Å². The Morgan fingerprint density at radius 2 is 1.93 bits per heavy atom. The maximum atomic E-state index is 11.5. The maximum Gasteiger partial charge on any atom is 0.410 e. The van der Waals surface area contributed by atoms with Crippen LogP contribution in [0.2, 0.25) is 0 Å². The van der Waals surface area contributed by atoms with Gasteiger partial charge in [0, 0.05) is 24.9 Å². The minimum absolute atomic E-state index is 0.0995. The van der Waals surface area contributed by atoms with E-state index in [4.69, 9.17) is 4.74 Å². The summed E-state index contributed by atoms with van der Waals surface area (Å²) in [6, 6.07) is 0.199. The molecular weight excluding hydrogens is 182 g/mol. The Balaban J connectivity index is 2.16. The summed E-state index contributed by atoms with van der Waals surface area (Å²) >= 11 is 0. The molecule has 14 heavy (non-hydrogen) atoms. The van der Waals surface area contributed by atoms with Crippen LogP contribution in [0.15, 0.2) is 0 Å². The lowest BCUT2D eigenvalue weighted by Crippen LogP contribution is -2.54. The van der Waals surface area contributed by atoms with Crippen LogP contribution in [0.5, 0.6) is 0 Å². The predicted molar refractivity (Wildman–Crippen MR) is 49.9 cm³/mol. The number of nitrogens with zero attached hydrogens (tertiary/aromatic N) is 1. The predicted octanol–water partition coefficient (Wildman–Crippen LogP) is 1.34. The minimum Gasteiger partial charge on any atom is -0.453 e. The second-order valence-corrected chi connectivity index (χ2v) is 4.06. The molecule has 0 aromatic heterocycles. The second-order valence-electron chi connectivity index (χ2n) is 4.06. The molecule has 0 radical (unpaired) electrons. The van der Waals surface area contributed by atoms with Crippen LogP contribution in [0.3, 0.4) is 0 Å². The van der Waals surface area contributed by atoms with E-state index in [1.165, 1.54) is 7.11 Å². The molecule has 0 unspecified atom stereocenters. The lowest BCUT2D eigenvalue weighted by atomic mass is 9.84. The molecule has 2 atom stereocenters. The van der Waals surface area contributed by atoms with Gasteiger partial charge in [-0.15, -0.1) is 0 Å². The molecule has 78 valence electrons. The van der Waals surface area contributed by atoms with Gasteiger partial charge in [0.1, 0.15) is 5.78 Å². The molecule has 1 amide bonds. The van der Waals surface area contributed by atoms with Gasteiger partial charge < -0.3 is 9.64 Å². The molecular formula is C10H15NO3. The Kier molecular flexibility index (Phi) is 2.44. The second kappa shape index (κ2) is 3.59. The Labute approximate surface area is 83.2 Å². The van der Waals surface area contributed by atoms with E-state index in [0.717, 1.165) is 19.3 Å². The van der Waals surface area contributed by atoms with Crippen LogP contribution >= 0.6 is 0 Å². The van der Waals surface area contributed by atoms with E-state index in [0.29, 0.717) is 18.6 Å². The first-order valence-electron chi connectivity index (χ1n) is 5.10. The van der Waals surface area contributed by atoms with Gasteiger partial charge in [0.05, 0.1) is 7.11 Å². The van der Waals surface area contributed by atoms with Crippen molar-refractivity contribution in [1.82, 2.24) is 4.90 Å². The van der Waals surface area contributed by atoms with Gasteiger partial charge in [0.25, 0.3) is 0 Å². The number of fused-ring (bicyclic) bond motifs is 2. The fourth-order valence-electron chi connectivity index (χ4n) is 2.58. The van der Waals surface area contributed by atoms with E-state index in [2.05, 4.69) is 0 Å². The summed E-state index contributed by atoms with van der Waals surface area (Å²) in [5.41, 5.74) is 0. The van der Waals surface area contributed by atoms with Crippen LogP contribution < -0.4 is 0 Å². The highest BCUT2D eigenvalue weighted by molar-refractivity contribution is 5.83. The maximum absolute atomic E-state index is 11.5. The van der Waals surface area contributed by atoms with E-state index in [-0.39, 0.29) is 18.2 Å². The Morgan fingerprint density at radius 3 is 2.43 bits per heavy atom. The van der Waals surface area contributed by atoms with Gasteiger partial charge in [-0.25, -0.2) is 4.79 Å². The van der Waals surface area contributed by atoms with Gasteiger partial charge in [0.2, 0.25) is 0 Å². The van der Waals surface area contributed by atoms with Gasteiger partial charge in [-0.05, 0) is 19.3 Å². The highest BCUT2D eigenvalue weighted by atomic mass is 16.5. The topological polar surface area (TPSA) is 46.6 Å². The molecule has 2 aliphatic heterocycles. The van der Waals surface area contributed by atoms with Gasteiger partial charge in [-0.2, -0.15) is 0 Å². The normalized spacial score (nSPS) is 31.5. The molecule has 2 saturated heterocycles. The van der Waals surface area contributed by atoms with Crippen LogP contribution in [-0.2, 0) is 9.53 Å². The summed E-state index contributed by atoms with van der Waals surface area (Å²) in [7, 11) is 1.40. The molecule has 0 aromatic carbocycles. The third kappa shape index (κ3) is 1.49. The van der Waals surface area contributed by atoms with Crippen LogP contribution in [0.25, 0.3) is 0 Å². The summed E-state index contributed by atoms with van der Waals surface area (Å²) < 4.78 is 4.74. The number of carbonyl (C=O) groups is 2. The zero-order valence-corrected chi connectivity index (χ0v) is 8.36. The molecule has 2 aliphatic rings. The Morgan fingerprint density at radius 1 is 1.36 bits per heavy atom. The third-order valence-electron chi connectivity index (χ3n) is 3.17. The van der Waals surface area contributed by atoms with Crippen LogP contribution in [-0.4, -0.2) is 36.0 Å². The van der Waals surface area contributed by atoms with Gasteiger partial charge in [-0.1, -0.05) is 0 Å². The first kappa shape index (κ1) is 9.49. The van der Waals surface area contributed by atoms with Crippen LogP contribution in [0.4, 0.5) is 4.79 Å². The first-order chi connectivity index (χ1) is 6.72. The number of ketones is 1. The number of ether oxygens (including phenoxy) is 1. The van der Waals surface area contributed by atoms with Crippen molar-refractivity contribution >= 4 is 11.9 Å². The Bertz CT molecular complexity index is 248. The van der Waals surface area contributed by atoms with E-state index in [1.54, 1.807) is 4.90 Å². The van der Waals surface area contributed by atoms with E-state index in [1.807, 2.05) is 0 Å². The van der Waals surface area contributed by atoms with Crippen molar-refractivity contribution < 1.29 is 14.3 Å². The molecule has 0 aliphatic carbocycles. The van der Waals surface area contributed by atoms with Gasteiger partial charge in [0.15, 0.2) is 0 Å². The lowest BCUT2D eigenvalue weighted by Gasteiger charge is -2.44. The third-order valence-corrected chi connectivity index (χ3v) is 3.17. The monoisotopic (exact) mass is 197 g/mol. The summed E-state index contributed by atoms with van der Waals surface area (Å²) in [5.74, 6) is 0.292. The largest absolute Gasteiger partial charge is 0.453 e. The summed E-state index contributed by atoms with van der Waals surface area (Å²) in [4.78, 5) is 24.6. The van der Waals surface area contributed by atoms with Crippen LogP contribution in [0.1, 0.15) is 32.1 Å². The molecule has 0 saturated carbocycles. The SMILES string of the molecule is COC(=O)N1[C@@H]2CCC[C@H]1CC(=O)C2. The van der Waals surface area contributed by atoms with E-state index >= 15 is 0 Å². The molecule has 2 rings (SSSR count). The van der Waals surface area contributed by atoms with Crippen molar-refractivity contribution in [3.05, 3.63) is 0 Å². The van der Waals surface area contributed by atoms with Crippen molar-refractivity contribution in [3.8, 4) is 0 Å². The average Bonchev–Trinajstić information content (AvgIpc) is 2.15.